The summed E-state index contributed by atoms with van der Waals surface area (Å²) in [5.41, 5.74) is 2.63. The van der Waals surface area contributed by atoms with Crippen LogP contribution in [0.2, 0.25) is 0 Å². The summed E-state index contributed by atoms with van der Waals surface area (Å²) < 4.78 is 14.1. The first-order valence-electron chi connectivity index (χ1n) is 7.69. The molecule has 0 unspecified atom stereocenters. The van der Waals surface area contributed by atoms with Gasteiger partial charge in [-0.15, -0.1) is 11.8 Å². The third kappa shape index (κ3) is 5.30. The molecule has 0 saturated heterocycles. The number of carbonyl (C=O) groups is 1. The first kappa shape index (κ1) is 17.4. The molecule has 1 amide bonds. The van der Waals surface area contributed by atoms with Crippen molar-refractivity contribution in [3.63, 3.8) is 0 Å². The van der Waals surface area contributed by atoms with E-state index in [4.69, 9.17) is 4.74 Å². The van der Waals surface area contributed by atoms with E-state index in [1.54, 1.807) is 0 Å². The lowest BCUT2D eigenvalue weighted by Gasteiger charge is -2.08. The zero-order valence-electron chi connectivity index (χ0n) is 13.6. The molecule has 7 heteroatoms. The van der Waals surface area contributed by atoms with Gasteiger partial charge >= 0.3 is 0 Å². The molecule has 0 aliphatic heterocycles. The van der Waals surface area contributed by atoms with Crippen molar-refractivity contribution >= 4 is 35.1 Å². The maximum atomic E-state index is 12.0. The number of ether oxygens (including phenoxy) is 1. The Morgan fingerprint density at radius 3 is 2.48 bits per heavy atom. The molecule has 1 N–H and O–H groups in total. The van der Waals surface area contributed by atoms with E-state index < -0.39 is 0 Å². The van der Waals surface area contributed by atoms with Crippen molar-refractivity contribution in [2.45, 2.75) is 12.7 Å². The minimum Gasteiger partial charge on any atom is -0.457 e. The number of hydrogen-bond donors (Lipinski definition) is 1. The van der Waals surface area contributed by atoms with Gasteiger partial charge in [0.05, 0.1) is 28.9 Å². The van der Waals surface area contributed by atoms with Crippen molar-refractivity contribution in [1.82, 2.24) is 8.75 Å². The van der Waals surface area contributed by atoms with Gasteiger partial charge < -0.3 is 10.1 Å². The number of nitrogens with one attached hydrogen (secondary N) is 1. The number of carbonyl (C=O) groups excluding carboxylic acids is 1. The predicted octanol–water partition coefficient (Wildman–Crippen LogP) is 4.51. The lowest BCUT2D eigenvalue weighted by atomic mass is 10.3. The standard InChI is InChI=1S/C18H17N3O2S2/c1-13-17(21-25-20-13)11-24-12-18(22)19-14-7-9-16(10-8-14)23-15-5-3-2-4-6-15/h2-10H,11-12H2,1H3,(H,19,22). The smallest absolute Gasteiger partial charge is 0.234 e. The highest BCUT2D eigenvalue weighted by Crippen LogP contribution is 2.23. The zero-order chi connectivity index (χ0) is 17.5. The molecule has 0 atom stereocenters. The molecular formula is C18H17N3O2S2. The van der Waals surface area contributed by atoms with Crippen LogP contribution >= 0.6 is 23.5 Å². The lowest BCUT2D eigenvalue weighted by molar-refractivity contribution is -0.113. The Labute approximate surface area is 154 Å². The molecule has 0 spiro atoms. The molecular weight excluding hydrogens is 354 g/mol. The molecule has 0 saturated carbocycles. The van der Waals surface area contributed by atoms with Gasteiger partial charge in [-0.25, -0.2) is 0 Å². The summed E-state index contributed by atoms with van der Waals surface area (Å²) in [6, 6.07) is 16.9. The summed E-state index contributed by atoms with van der Waals surface area (Å²) in [7, 11) is 0. The second kappa shape index (κ2) is 8.64. The van der Waals surface area contributed by atoms with Gasteiger partial charge in [-0.05, 0) is 43.3 Å². The summed E-state index contributed by atoms with van der Waals surface area (Å²) >= 11 is 2.73. The minimum atomic E-state index is -0.0393. The molecule has 1 heterocycles. The van der Waals surface area contributed by atoms with E-state index in [9.17, 15) is 4.79 Å². The summed E-state index contributed by atoms with van der Waals surface area (Å²) in [4.78, 5) is 12.0. The van der Waals surface area contributed by atoms with Gasteiger partial charge in [0.25, 0.3) is 0 Å². The molecule has 1 aromatic heterocycles. The van der Waals surface area contributed by atoms with E-state index in [1.165, 1.54) is 23.5 Å². The summed E-state index contributed by atoms with van der Waals surface area (Å²) in [6.07, 6.45) is 0. The monoisotopic (exact) mass is 371 g/mol. The molecule has 2 aromatic carbocycles. The van der Waals surface area contributed by atoms with Crippen LogP contribution in [-0.2, 0) is 10.5 Å². The van der Waals surface area contributed by atoms with E-state index in [2.05, 4.69) is 14.1 Å². The molecule has 0 aliphatic rings. The Balaban J connectivity index is 1.46. The summed E-state index contributed by atoms with van der Waals surface area (Å²) in [5.74, 6) is 2.54. The number of hydrogen-bond acceptors (Lipinski definition) is 6. The molecule has 5 nitrogen and oxygen atoms in total. The quantitative estimate of drug-likeness (QED) is 0.662. The fraction of sp³-hybridized carbons (Fsp3) is 0.167. The van der Waals surface area contributed by atoms with Gasteiger partial charge in [0, 0.05) is 11.4 Å². The largest absolute Gasteiger partial charge is 0.457 e. The third-order valence-electron chi connectivity index (χ3n) is 3.34. The zero-order valence-corrected chi connectivity index (χ0v) is 15.3. The first-order chi connectivity index (χ1) is 12.2. The average Bonchev–Trinajstić information content (AvgIpc) is 3.03. The highest BCUT2D eigenvalue weighted by molar-refractivity contribution is 7.99. The van der Waals surface area contributed by atoms with Gasteiger partial charge in [0.1, 0.15) is 11.5 Å². The maximum absolute atomic E-state index is 12.0. The Morgan fingerprint density at radius 1 is 1.08 bits per heavy atom. The second-order valence-electron chi connectivity index (χ2n) is 5.28. The fourth-order valence-corrected chi connectivity index (χ4v) is 3.52. The van der Waals surface area contributed by atoms with Crippen LogP contribution in [0.1, 0.15) is 11.4 Å². The molecule has 3 rings (SSSR count). The third-order valence-corrected chi connectivity index (χ3v) is 4.94. The molecule has 25 heavy (non-hydrogen) atoms. The van der Waals surface area contributed by atoms with Crippen molar-refractivity contribution in [3.8, 4) is 11.5 Å². The normalized spacial score (nSPS) is 10.4. The Kier molecular flexibility index (Phi) is 6.03. The topological polar surface area (TPSA) is 64.1 Å². The van der Waals surface area contributed by atoms with E-state index >= 15 is 0 Å². The number of para-hydroxylation sites is 1. The van der Waals surface area contributed by atoms with Crippen LogP contribution in [-0.4, -0.2) is 20.4 Å². The number of amides is 1. The molecule has 0 fully saturated rings. The van der Waals surface area contributed by atoms with E-state index in [0.29, 0.717) is 11.5 Å². The van der Waals surface area contributed by atoms with Crippen LogP contribution < -0.4 is 10.1 Å². The predicted molar refractivity (Wildman–Crippen MR) is 102 cm³/mol. The Bertz CT molecular complexity index is 820. The summed E-state index contributed by atoms with van der Waals surface area (Å²) in [6.45, 7) is 1.93. The van der Waals surface area contributed by atoms with Crippen LogP contribution in [0.3, 0.4) is 0 Å². The molecule has 0 aliphatic carbocycles. The highest BCUT2D eigenvalue weighted by Gasteiger charge is 2.07. The number of aryl methyl sites for hydroxylation is 1. The lowest BCUT2D eigenvalue weighted by Crippen LogP contribution is -2.14. The van der Waals surface area contributed by atoms with Crippen LogP contribution in [0, 0.1) is 6.92 Å². The molecule has 128 valence electrons. The van der Waals surface area contributed by atoms with Gasteiger partial charge in [-0.1, -0.05) is 18.2 Å². The number of nitrogens with zero attached hydrogens (tertiary/aromatic N) is 2. The Hall–Kier alpha value is -2.38. The Morgan fingerprint density at radius 2 is 1.80 bits per heavy atom. The van der Waals surface area contributed by atoms with Gasteiger partial charge in [0.2, 0.25) is 5.91 Å². The van der Waals surface area contributed by atoms with Crippen LogP contribution in [0.25, 0.3) is 0 Å². The van der Waals surface area contributed by atoms with Crippen LogP contribution in [0.5, 0.6) is 11.5 Å². The van der Waals surface area contributed by atoms with Crippen molar-refractivity contribution < 1.29 is 9.53 Å². The second-order valence-corrected chi connectivity index (χ2v) is 6.79. The van der Waals surface area contributed by atoms with Crippen LogP contribution in [0.15, 0.2) is 54.6 Å². The van der Waals surface area contributed by atoms with E-state index in [-0.39, 0.29) is 5.91 Å². The van der Waals surface area contributed by atoms with Crippen molar-refractivity contribution in [1.29, 1.82) is 0 Å². The van der Waals surface area contributed by atoms with Gasteiger partial charge in [-0.3, -0.25) is 4.79 Å². The number of anilines is 1. The van der Waals surface area contributed by atoms with Crippen molar-refractivity contribution in [2.24, 2.45) is 0 Å². The maximum Gasteiger partial charge on any atom is 0.234 e. The summed E-state index contributed by atoms with van der Waals surface area (Å²) in [5, 5.41) is 2.88. The van der Waals surface area contributed by atoms with Gasteiger partial charge in [0.15, 0.2) is 0 Å². The van der Waals surface area contributed by atoms with Gasteiger partial charge in [-0.2, -0.15) is 8.75 Å². The minimum absolute atomic E-state index is 0.0393. The molecule has 0 bridgehead atoms. The fourth-order valence-electron chi connectivity index (χ4n) is 2.05. The molecule has 0 radical (unpaired) electrons. The average molecular weight is 371 g/mol. The van der Waals surface area contributed by atoms with E-state index in [0.717, 1.165) is 28.6 Å². The number of thioether (sulfide) groups is 1. The van der Waals surface area contributed by atoms with Crippen LogP contribution in [0.4, 0.5) is 5.69 Å². The number of aromatic nitrogens is 2. The first-order valence-corrected chi connectivity index (χ1v) is 9.58. The van der Waals surface area contributed by atoms with Crippen molar-refractivity contribution in [2.75, 3.05) is 11.1 Å². The van der Waals surface area contributed by atoms with Crippen molar-refractivity contribution in [3.05, 3.63) is 66.0 Å². The SMILES string of the molecule is Cc1nsnc1CSCC(=O)Nc1ccc(Oc2ccccc2)cc1. The highest BCUT2D eigenvalue weighted by atomic mass is 32.2. The number of rotatable bonds is 7. The number of benzene rings is 2. The molecule has 3 aromatic rings. The van der Waals surface area contributed by atoms with E-state index in [1.807, 2.05) is 61.5 Å².